The number of benzene rings is 1. The zero-order valence-corrected chi connectivity index (χ0v) is 10.4. The zero-order chi connectivity index (χ0) is 15.4. The van der Waals surface area contributed by atoms with Crippen LogP contribution in [-0.2, 0) is 0 Å². The molecule has 1 aromatic heterocycles. The molecule has 0 aliphatic heterocycles. The maximum atomic E-state index is 11.2. The second kappa shape index (κ2) is 5.43. The highest BCUT2D eigenvalue weighted by Crippen LogP contribution is 2.23. The van der Waals surface area contributed by atoms with E-state index in [1.54, 1.807) is 24.3 Å². The van der Waals surface area contributed by atoms with Crippen molar-refractivity contribution < 1.29 is 9.90 Å². The summed E-state index contributed by atoms with van der Waals surface area (Å²) in [4.78, 5) is 11.2. The average Bonchev–Trinajstić information content (AvgIpc) is 2.94. The third kappa shape index (κ3) is 2.48. The highest BCUT2D eigenvalue weighted by Gasteiger charge is 2.14. The fourth-order valence-electron chi connectivity index (χ4n) is 1.73. The van der Waals surface area contributed by atoms with Gasteiger partial charge in [0.2, 0.25) is 0 Å². The second-order valence-electron chi connectivity index (χ2n) is 3.87. The van der Waals surface area contributed by atoms with E-state index in [1.807, 2.05) is 0 Å². The van der Waals surface area contributed by atoms with Crippen LogP contribution < -0.4 is 5.32 Å². The van der Waals surface area contributed by atoms with E-state index in [2.05, 4.69) is 15.5 Å². The molecule has 0 bridgehead atoms. The third-order valence-electron chi connectivity index (χ3n) is 2.63. The van der Waals surface area contributed by atoms with Crippen molar-refractivity contribution in [1.29, 1.82) is 15.8 Å². The van der Waals surface area contributed by atoms with E-state index >= 15 is 0 Å². The van der Waals surface area contributed by atoms with Crippen molar-refractivity contribution in [3.05, 3.63) is 35.2 Å². The Hall–Kier alpha value is -3.83. The summed E-state index contributed by atoms with van der Waals surface area (Å²) >= 11 is 0. The number of fused-ring (bicyclic) bond motifs is 1. The Balaban J connectivity index is 2.57. The minimum atomic E-state index is -1.17. The molecule has 8 heteroatoms. The highest BCUT2D eigenvalue weighted by molar-refractivity contribution is 6.03. The second-order valence-corrected chi connectivity index (χ2v) is 3.87. The Morgan fingerprint density at radius 1 is 1.24 bits per heavy atom. The van der Waals surface area contributed by atoms with Crippen LogP contribution >= 0.6 is 0 Å². The molecular formula is C13H6N6O2. The number of H-pyrrole nitrogens is 1. The summed E-state index contributed by atoms with van der Waals surface area (Å²) < 4.78 is 0. The van der Waals surface area contributed by atoms with Crippen molar-refractivity contribution in [2.24, 2.45) is 0 Å². The van der Waals surface area contributed by atoms with E-state index < -0.39 is 5.97 Å². The predicted octanol–water partition coefficient (Wildman–Crippen LogP) is 1.50. The summed E-state index contributed by atoms with van der Waals surface area (Å²) in [5.41, 5.74) is -0.0710. The summed E-state index contributed by atoms with van der Waals surface area (Å²) in [6.07, 6.45) is 1.43. The zero-order valence-electron chi connectivity index (χ0n) is 10.4. The minimum absolute atomic E-state index is 0.0414. The van der Waals surface area contributed by atoms with Gasteiger partial charge < -0.3 is 10.4 Å². The SMILES string of the molecule is N#CC(C#N)=C(C#N)Nc1cc(C(=O)O)c2[nH]ncc2c1. The lowest BCUT2D eigenvalue weighted by atomic mass is 10.1. The number of nitrogens with zero attached hydrogens (tertiary/aromatic N) is 4. The topological polar surface area (TPSA) is 149 Å². The number of aromatic carboxylic acids is 1. The number of allylic oxidation sites excluding steroid dienone is 2. The monoisotopic (exact) mass is 278 g/mol. The van der Waals surface area contributed by atoms with Gasteiger partial charge in [-0.15, -0.1) is 0 Å². The third-order valence-corrected chi connectivity index (χ3v) is 2.63. The van der Waals surface area contributed by atoms with E-state index in [0.717, 1.165) is 0 Å². The van der Waals surface area contributed by atoms with Crippen molar-refractivity contribution in [1.82, 2.24) is 10.2 Å². The van der Waals surface area contributed by atoms with Gasteiger partial charge in [0.15, 0.2) is 5.57 Å². The van der Waals surface area contributed by atoms with Gasteiger partial charge in [-0.25, -0.2) is 4.79 Å². The Bertz CT molecular complexity index is 872. The van der Waals surface area contributed by atoms with Crippen LogP contribution in [0.4, 0.5) is 5.69 Å². The summed E-state index contributed by atoms with van der Waals surface area (Å²) in [6.45, 7) is 0. The van der Waals surface area contributed by atoms with Gasteiger partial charge in [-0.05, 0) is 12.1 Å². The van der Waals surface area contributed by atoms with Gasteiger partial charge >= 0.3 is 5.97 Å². The molecule has 1 heterocycles. The lowest BCUT2D eigenvalue weighted by Gasteiger charge is -2.06. The molecular weight excluding hydrogens is 272 g/mol. The molecule has 2 aromatic rings. The first-order valence-electron chi connectivity index (χ1n) is 5.52. The van der Waals surface area contributed by atoms with E-state index in [-0.39, 0.29) is 22.5 Å². The van der Waals surface area contributed by atoms with Crippen LogP contribution in [0.2, 0.25) is 0 Å². The van der Waals surface area contributed by atoms with Gasteiger partial charge in [-0.1, -0.05) is 0 Å². The van der Waals surface area contributed by atoms with Crippen LogP contribution in [0.25, 0.3) is 10.9 Å². The molecule has 8 nitrogen and oxygen atoms in total. The van der Waals surface area contributed by atoms with Crippen molar-refractivity contribution in [3.63, 3.8) is 0 Å². The fraction of sp³-hybridized carbons (Fsp3) is 0. The Morgan fingerprint density at radius 2 is 1.95 bits per heavy atom. The molecule has 1 aromatic carbocycles. The van der Waals surface area contributed by atoms with E-state index in [9.17, 15) is 4.79 Å². The molecule has 0 unspecified atom stereocenters. The van der Waals surface area contributed by atoms with Crippen molar-refractivity contribution in [2.75, 3.05) is 5.32 Å². The molecule has 0 aliphatic carbocycles. The van der Waals surface area contributed by atoms with Gasteiger partial charge in [0.1, 0.15) is 23.9 Å². The van der Waals surface area contributed by atoms with Gasteiger partial charge in [0, 0.05) is 11.1 Å². The van der Waals surface area contributed by atoms with Crippen LogP contribution in [-0.4, -0.2) is 21.3 Å². The molecule has 0 radical (unpaired) electrons. The number of rotatable bonds is 3. The number of nitriles is 3. The maximum absolute atomic E-state index is 11.2. The van der Waals surface area contributed by atoms with Crippen LogP contribution in [0, 0.1) is 34.0 Å². The number of aromatic nitrogens is 2. The lowest BCUT2D eigenvalue weighted by molar-refractivity contribution is 0.0699. The minimum Gasteiger partial charge on any atom is -0.478 e. The van der Waals surface area contributed by atoms with Crippen LogP contribution in [0.1, 0.15) is 10.4 Å². The normalized spacial score (nSPS) is 9.19. The maximum Gasteiger partial charge on any atom is 0.337 e. The smallest absolute Gasteiger partial charge is 0.337 e. The summed E-state index contributed by atoms with van der Waals surface area (Å²) in [5.74, 6) is -1.17. The number of nitrogens with one attached hydrogen (secondary N) is 2. The average molecular weight is 278 g/mol. The van der Waals surface area contributed by atoms with E-state index in [1.165, 1.54) is 12.3 Å². The number of carboxylic acid groups (broad SMARTS) is 1. The number of anilines is 1. The molecule has 0 amide bonds. The molecule has 21 heavy (non-hydrogen) atoms. The molecule has 3 N–H and O–H groups in total. The van der Waals surface area contributed by atoms with Crippen molar-refractivity contribution >= 4 is 22.6 Å². The van der Waals surface area contributed by atoms with E-state index in [0.29, 0.717) is 10.9 Å². The first kappa shape index (κ1) is 13.6. The molecule has 0 saturated heterocycles. The Labute approximate surface area is 118 Å². The number of hydrogen-bond acceptors (Lipinski definition) is 6. The molecule has 0 atom stereocenters. The van der Waals surface area contributed by atoms with Crippen LogP contribution in [0.15, 0.2) is 29.6 Å². The van der Waals surface area contributed by atoms with Crippen molar-refractivity contribution in [3.8, 4) is 18.2 Å². The highest BCUT2D eigenvalue weighted by atomic mass is 16.4. The summed E-state index contributed by atoms with van der Waals surface area (Å²) in [7, 11) is 0. The molecule has 2 rings (SSSR count). The van der Waals surface area contributed by atoms with Gasteiger partial charge in [0.25, 0.3) is 0 Å². The molecule has 100 valence electrons. The number of carbonyl (C=O) groups is 1. The predicted molar refractivity (Wildman–Crippen MR) is 70.5 cm³/mol. The number of hydrogen-bond donors (Lipinski definition) is 3. The lowest BCUT2D eigenvalue weighted by Crippen LogP contribution is -2.03. The molecule has 0 saturated carbocycles. The van der Waals surface area contributed by atoms with Crippen LogP contribution in [0.5, 0.6) is 0 Å². The standard InChI is InChI=1S/C13H6N6O2/c14-3-8(4-15)11(5-16)18-9-1-7-6-17-19-12(7)10(2-9)13(20)21/h1-2,6,18H,(H,17,19)(H,20,21). The van der Waals surface area contributed by atoms with Gasteiger partial charge in [-0.3, -0.25) is 5.10 Å². The quantitative estimate of drug-likeness (QED) is 0.719. The summed E-state index contributed by atoms with van der Waals surface area (Å²) in [5, 5.41) is 45.1. The van der Waals surface area contributed by atoms with Gasteiger partial charge in [-0.2, -0.15) is 20.9 Å². The Morgan fingerprint density at radius 3 is 2.52 bits per heavy atom. The van der Waals surface area contributed by atoms with Gasteiger partial charge in [0.05, 0.1) is 17.3 Å². The van der Waals surface area contributed by atoms with Crippen molar-refractivity contribution in [2.45, 2.75) is 0 Å². The fourth-order valence-corrected chi connectivity index (χ4v) is 1.73. The molecule has 0 aliphatic rings. The number of aromatic amines is 1. The molecule has 0 fully saturated rings. The van der Waals surface area contributed by atoms with Crippen LogP contribution in [0.3, 0.4) is 0 Å². The first-order valence-corrected chi connectivity index (χ1v) is 5.52. The van der Waals surface area contributed by atoms with E-state index in [4.69, 9.17) is 20.9 Å². The first-order chi connectivity index (χ1) is 10.1. The summed E-state index contributed by atoms with van der Waals surface area (Å²) in [6, 6.07) is 7.71. The molecule has 0 spiro atoms. The Kier molecular flexibility index (Phi) is 3.52. The largest absolute Gasteiger partial charge is 0.478 e. The number of carboxylic acids is 1.